The predicted molar refractivity (Wildman–Crippen MR) is 117 cm³/mol. The topological polar surface area (TPSA) is 45.7 Å². The predicted octanol–water partition coefficient (Wildman–Crippen LogP) is 3.53. The van der Waals surface area contributed by atoms with E-state index in [1.54, 1.807) is 0 Å². The molecule has 5 rings (SSSR count). The van der Waals surface area contributed by atoms with Gasteiger partial charge in [0.2, 0.25) is 0 Å². The lowest BCUT2D eigenvalue weighted by atomic mass is 9.89. The largest absolute Gasteiger partial charge is 0.475 e. The zero-order valence-electron chi connectivity index (χ0n) is 17.1. The van der Waals surface area contributed by atoms with E-state index in [-0.39, 0.29) is 0 Å². The van der Waals surface area contributed by atoms with Gasteiger partial charge in [0.1, 0.15) is 12.2 Å². The summed E-state index contributed by atoms with van der Waals surface area (Å²) in [5.74, 6) is 3.38. The number of hydrogen-bond acceptors (Lipinski definition) is 5. The first-order chi connectivity index (χ1) is 14.3. The van der Waals surface area contributed by atoms with Gasteiger partial charge in [0.15, 0.2) is 5.75 Å². The molecule has 1 aliphatic carbocycles. The van der Waals surface area contributed by atoms with E-state index in [1.807, 2.05) is 12.3 Å². The van der Waals surface area contributed by atoms with E-state index < -0.39 is 10.8 Å². The molecule has 2 fully saturated rings. The molecule has 1 aromatic heterocycles. The van der Waals surface area contributed by atoms with Gasteiger partial charge >= 0.3 is 0 Å². The van der Waals surface area contributed by atoms with Gasteiger partial charge in [-0.15, -0.1) is 0 Å². The van der Waals surface area contributed by atoms with Gasteiger partial charge < -0.3 is 4.74 Å². The molecular weight excluding hydrogens is 382 g/mol. The summed E-state index contributed by atoms with van der Waals surface area (Å²) in [7, 11) is -0.637. The van der Waals surface area contributed by atoms with Crippen molar-refractivity contribution in [2.45, 2.75) is 45.2 Å². The van der Waals surface area contributed by atoms with Crippen LogP contribution >= 0.6 is 0 Å². The third-order valence-electron chi connectivity index (χ3n) is 6.70. The van der Waals surface area contributed by atoms with Crippen molar-refractivity contribution in [2.24, 2.45) is 5.92 Å². The van der Waals surface area contributed by atoms with Crippen LogP contribution in [0.5, 0.6) is 5.75 Å². The second-order valence-electron chi connectivity index (χ2n) is 8.84. The lowest BCUT2D eigenvalue weighted by Gasteiger charge is -2.34. The van der Waals surface area contributed by atoms with Gasteiger partial charge in [-0.1, -0.05) is 25.3 Å². The number of benzene rings is 1. The summed E-state index contributed by atoms with van der Waals surface area (Å²) >= 11 is 0. The lowest BCUT2D eigenvalue weighted by Crippen LogP contribution is -2.38. The molecule has 0 radical (unpaired) electrons. The summed E-state index contributed by atoms with van der Waals surface area (Å²) in [5.41, 5.74) is 3.59. The SMILES string of the molecule is O=S1CCN(Cc2cc3c(c4ncccc24)OCN(CC2CCCCC2)C3)CC1. The molecule has 1 saturated carbocycles. The van der Waals surface area contributed by atoms with Gasteiger partial charge in [-0.05, 0) is 36.5 Å². The summed E-state index contributed by atoms with van der Waals surface area (Å²) in [6.45, 7) is 5.50. The van der Waals surface area contributed by atoms with E-state index in [9.17, 15) is 4.21 Å². The molecule has 0 bridgehead atoms. The molecular formula is C23H31N3O2S. The number of rotatable bonds is 4. The van der Waals surface area contributed by atoms with Crippen molar-refractivity contribution in [2.75, 3.05) is 37.9 Å². The Hall–Kier alpha value is -1.50. The zero-order chi connectivity index (χ0) is 19.6. The normalized spacial score (nSPS) is 22.5. The highest BCUT2D eigenvalue weighted by Crippen LogP contribution is 2.36. The van der Waals surface area contributed by atoms with Gasteiger partial charge in [0, 0.05) is 72.2 Å². The van der Waals surface area contributed by atoms with Crippen LogP contribution in [0.25, 0.3) is 10.9 Å². The Balaban J connectivity index is 1.39. The van der Waals surface area contributed by atoms with Crippen LogP contribution in [0.15, 0.2) is 24.4 Å². The fourth-order valence-electron chi connectivity index (χ4n) is 5.13. The molecule has 29 heavy (non-hydrogen) atoms. The van der Waals surface area contributed by atoms with Crippen LogP contribution in [0.2, 0.25) is 0 Å². The third kappa shape index (κ3) is 4.35. The quantitative estimate of drug-likeness (QED) is 0.767. The Labute approximate surface area is 175 Å². The zero-order valence-corrected chi connectivity index (χ0v) is 18.0. The first kappa shape index (κ1) is 19.5. The van der Waals surface area contributed by atoms with Gasteiger partial charge in [0.05, 0.1) is 0 Å². The van der Waals surface area contributed by atoms with E-state index in [4.69, 9.17) is 9.72 Å². The molecule has 5 nitrogen and oxygen atoms in total. The molecule has 3 aliphatic rings. The van der Waals surface area contributed by atoms with Crippen molar-refractivity contribution < 1.29 is 8.95 Å². The van der Waals surface area contributed by atoms with Crippen molar-refractivity contribution in [1.29, 1.82) is 0 Å². The molecule has 0 atom stereocenters. The second kappa shape index (κ2) is 8.70. The maximum Gasteiger partial charge on any atom is 0.152 e. The highest BCUT2D eigenvalue weighted by molar-refractivity contribution is 7.85. The molecule has 1 aromatic carbocycles. The standard InChI is InChI=1S/C23H31N3O2S/c27-29-11-9-25(10-12-29)15-19-13-20-16-26(14-18-5-2-1-3-6-18)17-28-23(20)22-21(19)7-4-8-24-22/h4,7-8,13,18H,1-3,5-6,9-12,14-17H2. The number of nitrogens with zero attached hydrogens (tertiary/aromatic N) is 3. The van der Waals surface area contributed by atoms with Crippen molar-refractivity contribution in [3.05, 3.63) is 35.5 Å². The van der Waals surface area contributed by atoms with Crippen molar-refractivity contribution in [1.82, 2.24) is 14.8 Å². The summed E-state index contributed by atoms with van der Waals surface area (Å²) < 4.78 is 18.0. The average Bonchev–Trinajstić information content (AvgIpc) is 2.76. The second-order valence-corrected chi connectivity index (χ2v) is 10.5. The van der Waals surface area contributed by atoms with E-state index in [0.717, 1.165) is 61.4 Å². The van der Waals surface area contributed by atoms with Crippen LogP contribution in [0.1, 0.15) is 43.2 Å². The molecule has 3 heterocycles. The maximum atomic E-state index is 11.7. The Morgan fingerprint density at radius 1 is 1.14 bits per heavy atom. The van der Waals surface area contributed by atoms with Crippen LogP contribution in [0.4, 0.5) is 0 Å². The summed E-state index contributed by atoms with van der Waals surface area (Å²) in [6, 6.07) is 6.53. The molecule has 2 aliphatic heterocycles. The van der Waals surface area contributed by atoms with Gasteiger partial charge in [-0.2, -0.15) is 0 Å². The monoisotopic (exact) mass is 413 g/mol. The molecule has 156 valence electrons. The molecule has 0 amide bonds. The molecule has 1 saturated heterocycles. The first-order valence-corrected chi connectivity index (χ1v) is 12.6. The fraction of sp³-hybridized carbons (Fsp3) is 0.609. The number of ether oxygens (including phenoxy) is 1. The van der Waals surface area contributed by atoms with Crippen molar-refractivity contribution in [3.8, 4) is 5.75 Å². The van der Waals surface area contributed by atoms with Gasteiger partial charge in [-0.3, -0.25) is 19.0 Å². The Morgan fingerprint density at radius 3 is 2.79 bits per heavy atom. The van der Waals surface area contributed by atoms with Crippen molar-refractivity contribution in [3.63, 3.8) is 0 Å². The van der Waals surface area contributed by atoms with Gasteiger partial charge in [-0.25, -0.2) is 0 Å². The minimum Gasteiger partial charge on any atom is -0.475 e. The van der Waals surface area contributed by atoms with E-state index in [1.165, 1.54) is 48.6 Å². The van der Waals surface area contributed by atoms with Crippen LogP contribution in [0.3, 0.4) is 0 Å². The smallest absolute Gasteiger partial charge is 0.152 e. The Bertz CT molecular complexity index is 887. The third-order valence-corrected chi connectivity index (χ3v) is 7.98. The van der Waals surface area contributed by atoms with Crippen molar-refractivity contribution >= 4 is 21.7 Å². The summed E-state index contributed by atoms with van der Waals surface area (Å²) in [6.07, 6.45) is 8.77. The number of aromatic nitrogens is 1. The molecule has 0 N–H and O–H groups in total. The minimum atomic E-state index is -0.637. The minimum absolute atomic E-state index is 0.637. The van der Waals surface area contributed by atoms with Crippen LogP contribution in [0, 0.1) is 5.92 Å². The molecule has 0 unspecified atom stereocenters. The number of fused-ring (bicyclic) bond motifs is 3. The first-order valence-electron chi connectivity index (χ1n) is 11.1. The lowest BCUT2D eigenvalue weighted by molar-refractivity contribution is 0.0741. The van der Waals surface area contributed by atoms with E-state index in [2.05, 4.69) is 21.9 Å². The summed E-state index contributed by atoms with van der Waals surface area (Å²) in [4.78, 5) is 9.59. The van der Waals surface area contributed by atoms with Crippen LogP contribution < -0.4 is 4.74 Å². The van der Waals surface area contributed by atoms with E-state index >= 15 is 0 Å². The number of hydrogen-bond donors (Lipinski definition) is 0. The maximum absolute atomic E-state index is 11.7. The van der Waals surface area contributed by atoms with Gasteiger partial charge in [0.25, 0.3) is 0 Å². The van der Waals surface area contributed by atoms with Crippen LogP contribution in [-0.2, 0) is 23.9 Å². The average molecular weight is 414 g/mol. The Morgan fingerprint density at radius 2 is 1.97 bits per heavy atom. The fourth-order valence-corrected chi connectivity index (χ4v) is 6.26. The van der Waals surface area contributed by atoms with E-state index in [0.29, 0.717) is 6.73 Å². The molecule has 6 heteroatoms. The number of pyridine rings is 1. The van der Waals surface area contributed by atoms with Crippen LogP contribution in [-0.4, -0.2) is 56.9 Å². The molecule has 2 aromatic rings. The summed E-state index contributed by atoms with van der Waals surface area (Å²) in [5, 5.41) is 1.19. The highest BCUT2D eigenvalue weighted by Gasteiger charge is 2.25. The Kier molecular flexibility index (Phi) is 5.84. The highest BCUT2D eigenvalue weighted by atomic mass is 32.2. The molecule has 0 spiro atoms.